The topological polar surface area (TPSA) is 80.8 Å². The molecule has 0 unspecified atom stereocenters. The summed E-state index contributed by atoms with van der Waals surface area (Å²) in [5.41, 5.74) is 4.19. The molecule has 0 atom stereocenters. The van der Waals surface area contributed by atoms with Crippen LogP contribution in [0, 0.1) is 0 Å². The number of thioether (sulfide) groups is 1. The van der Waals surface area contributed by atoms with Crippen LogP contribution in [-0.2, 0) is 11.2 Å². The molecule has 2 amide bonds. The average molecular weight is 506 g/mol. The number of carbonyl (C=O) groups is 2. The van der Waals surface area contributed by atoms with E-state index in [-0.39, 0.29) is 11.8 Å². The maximum atomic E-state index is 12.8. The Kier molecular flexibility index (Phi) is 6.61. The zero-order valence-electron chi connectivity index (χ0n) is 19.2. The Labute approximate surface area is 211 Å². The van der Waals surface area contributed by atoms with Crippen molar-refractivity contribution in [3.63, 3.8) is 0 Å². The molecule has 1 aliphatic heterocycles. The molecular formula is C26H23N3O4S2. The highest BCUT2D eigenvalue weighted by atomic mass is 32.2. The summed E-state index contributed by atoms with van der Waals surface area (Å²) >= 11 is 2.95. The van der Waals surface area contributed by atoms with E-state index < -0.39 is 0 Å². The van der Waals surface area contributed by atoms with E-state index in [1.165, 1.54) is 35.8 Å². The third kappa shape index (κ3) is 4.82. The fraction of sp³-hybridized carbons (Fsp3) is 0.192. The lowest BCUT2D eigenvalue weighted by Crippen LogP contribution is -2.30. The maximum Gasteiger partial charge on any atom is 0.255 e. The second-order valence-corrected chi connectivity index (χ2v) is 10.2. The van der Waals surface area contributed by atoms with Crippen molar-refractivity contribution in [2.24, 2.45) is 0 Å². The van der Waals surface area contributed by atoms with Crippen molar-refractivity contribution in [2.75, 3.05) is 36.7 Å². The molecule has 3 aromatic carbocycles. The number of nitrogens with zero attached hydrogens (tertiary/aromatic N) is 2. The molecule has 7 nitrogen and oxygen atoms in total. The van der Waals surface area contributed by atoms with Crippen molar-refractivity contribution in [2.45, 2.75) is 10.8 Å². The quantitative estimate of drug-likeness (QED) is 0.346. The van der Waals surface area contributed by atoms with Gasteiger partial charge in [-0.3, -0.25) is 9.59 Å². The summed E-state index contributed by atoms with van der Waals surface area (Å²) in [5.74, 6) is 1.22. The van der Waals surface area contributed by atoms with E-state index in [1.807, 2.05) is 41.3 Å². The number of aromatic nitrogens is 1. The lowest BCUT2D eigenvalue weighted by atomic mass is 10.2. The van der Waals surface area contributed by atoms with Gasteiger partial charge < -0.3 is 19.7 Å². The average Bonchev–Trinajstić information content (AvgIpc) is 3.50. The Bertz CT molecular complexity index is 1420. The highest BCUT2D eigenvalue weighted by Crippen LogP contribution is 2.33. The van der Waals surface area contributed by atoms with Crippen LogP contribution in [0.15, 0.2) is 65.0 Å². The molecular weight excluding hydrogens is 482 g/mol. The molecule has 9 heteroatoms. The van der Waals surface area contributed by atoms with Crippen LogP contribution in [-0.4, -0.2) is 43.3 Å². The van der Waals surface area contributed by atoms with E-state index in [4.69, 9.17) is 9.47 Å². The highest BCUT2D eigenvalue weighted by Gasteiger charge is 2.24. The van der Waals surface area contributed by atoms with E-state index in [0.717, 1.165) is 33.2 Å². The molecule has 0 fully saturated rings. The van der Waals surface area contributed by atoms with Gasteiger partial charge in [0, 0.05) is 23.5 Å². The minimum absolute atomic E-state index is 0.0853. The van der Waals surface area contributed by atoms with Gasteiger partial charge in [0.05, 0.1) is 30.2 Å². The molecule has 0 bridgehead atoms. The van der Waals surface area contributed by atoms with Crippen LogP contribution in [0.25, 0.3) is 10.2 Å². The predicted molar refractivity (Wildman–Crippen MR) is 140 cm³/mol. The summed E-state index contributed by atoms with van der Waals surface area (Å²) in [7, 11) is 3.08. The standard InChI is InChI=1S/C26H23N3O4S2/c1-32-21-10-7-17(13-22(21)33-2)25(31)27-18-8-9-19-23(14-18)35-26(28-19)34-15-24(30)29-12-11-16-5-3-4-6-20(16)29/h3-10,13-14H,11-12,15H2,1-2H3,(H,27,31). The van der Waals surface area contributed by atoms with Gasteiger partial charge in [-0.05, 0) is 54.4 Å². The minimum Gasteiger partial charge on any atom is -0.493 e. The van der Waals surface area contributed by atoms with E-state index in [9.17, 15) is 9.59 Å². The first kappa shape index (κ1) is 23.2. The van der Waals surface area contributed by atoms with Crippen LogP contribution in [0.1, 0.15) is 15.9 Å². The van der Waals surface area contributed by atoms with Gasteiger partial charge in [0.15, 0.2) is 15.8 Å². The SMILES string of the molecule is COc1ccc(C(=O)Nc2ccc3nc(SCC(=O)N4CCc5ccccc54)sc3c2)cc1OC. The van der Waals surface area contributed by atoms with E-state index in [1.54, 1.807) is 25.3 Å². The molecule has 0 saturated heterocycles. The molecule has 35 heavy (non-hydrogen) atoms. The maximum absolute atomic E-state index is 12.8. The zero-order valence-corrected chi connectivity index (χ0v) is 20.9. The number of amides is 2. The smallest absolute Gasteiger partial charge is 0.255 e. The summed E-state index contributed by atoms with van der Waals surface area (Å²) in [6.45, 7) is 0.724. The van der Waals surface area contributed by atoms with E-state index in [0.29, 0.717) is 28.5 Å². The first-order chi connectivity index (χ1) is 17.1. The summed E-state index contributed by atoms with van der Waals surface area (Å²) in [6.07, 6.45) is 0.894. The van der Waals surface area contributed by atoms with Gasteiger partial charge in [0.2, 0.25) is 5.91 Å². The van der Waals surface area contributed by atoms with Crippen LogP contribution >= 0.6 is 23.1 Å². The molecule has 0 radical (unpaired) electrons. The number of carbonyl (C=O) groups excluding carboxylic acids is 2. The van der Waals surface area contributed by atoms with Gasteiger partial charge in [-0.1, -0.05) is 30.0 Å². The molecule has 1 aliphatic rings. The molecule has 1 aromatic heterocycles. The first-order valence-corrected chi connectivity index (χ1v) is 12.8. The van der Waals surface area contributed by atoms with Gasteiger partial charge in [-0.25, -0.2) is 4.98 Å². The Hall–Kier alpha value is -3.56. The molecule has 178 valence electrons. The summed E-state index contributed by atoms with van der Waals surface area (Å²) < 4.78 is 12.3. The summed E-state index contributed by atoms with van der Waals surface area (Å²) in [6, 6.07) is 18.7. The number of anilines is 2. The van der Waals surface area contributed by atoms with Crippen molar-refractivity contribution in [3.05, 3.63) is 71.8 Å². The van der Waals surface area contributed by atoms with Gasteiger partial charge >= 0.3 is 0 Å². The number of methoxy groups -OCH3 is 2. The van der Waals surface area contributed by atoms with Crippen LogP contribution < -0.4 is 19.7 Å². The molecule has 0 spiro atoms. The first-order valence-electron chi connectivity index (χ1n) is 11.0. The molecule has 4 aromatic rings. The number of nitrogens with one attached hydrogen (secondary N) is 1. The van der Waals surface area contributed by atoms with Crippen LogP contribution in [0.2, 0.25) is 0 Å². The number of hydrogen-bond donors (Lipinski definition) is 1. The normalized spacial score (nSPS) is 12.5. The number of thiazole rings is 1. The summed E-state index contributed by atoms with van der Waals surface area (Å²) in [5, 5.41) is 2.92. The fourth-order valence-electron chi connectivity index (χ4n) is 4.02. The molecule has 2 heterocycles. The number of rotatable bonds is 7. The van der Waals surface area contributed by atoms with Gasteiger partial charge in [-0.15, -0.1) is 11.3 Å². The number of para-hydroxylation sites is 1. The number of benzene rings is 3. The number of ether oxygens (including phenoxy) is 2. The Balaban J connectivity index is 1.25. The van der Waals surface area contributed by atoms with Crippen LogP contribution in [0.3, 0.4) is 0 Å². The molecule has 0 aliphatic carbocycles. The highest BCUT2D eigenvalue weighted by molar-refractivity contribution is 8.01. The minimum atomic E-state index is -0.249. The number of hydrogen-bond acceptors (Lipinski definition) is 7. The van der Waals surface area contributed by atoms with Crippen molar-refractivity contribution in [3.8, 4) is 11.5 Å². The van der Waals surface area contributed by atoms with Gasteiger partial charge in [0.25, 0.3) is 5.91 Å². The van der Waals surface area contributed by atoms with Gasteiger partial charge in [-0.2, -0.15) is 0 Å². The molecule has 1 N–H and O–H groups in total. The van der Waals surface area contributed by atoms with Crippen molar-refractivity contribution < 1.29 is 19.1 Å². The third-order valence-corrected chi connectivity index (χ3v) is 7.93. The Morgan fingerprint density at radius 1 is 1.06 bits per heavy atom. The van der Waals surface area contributed by atoms with Gasteiger partial charge in [0.1, 0.15) is 0 Å². The van der Waals surface area contributed by atoms with Crippen molar-refractivity contribution in [1.29, 1.82) is 0 Å². The lowest BCUT2D eigenvalue weighted by molar-refractivity contribution is -0.116. The van der Waals surface area contributed by atoms with Crippen molar-refractivity contribution in [1.82, 2.24) is 4.98 Å². The van der Waals surface area contributed by atoms with Crippen LogP contribution in [0.4, 0.5) is 11.4 Å². The third-order valence-electron chi connectivity index (χ3n) is 5.78. The largest absolute Gasteiger partial charge is 0.493 e. The predicted octanol–water partition coefficient (Wildman–Crippen LogP) is 5.25. The zero-order chi connectivity index (χ0) is 24.4. The Morgan fingerprint density at radius 3 is 2.71 bits per heavy atom. The number of fused-ring (bicyclic) bond motifs is 2. The van der Waals surface area contributed by atoms with E-state index >= 15 is 0 Å². The van der Waals surface area contributed by atoms with Crippen molar-refractivity contribution >= 4 is 56.5 Å². The monoisotopic (exact) mass is 505 g/mol. The fourth-order valence-corrected chi connectivity index (χ4v) is 6.01. The summed E-state index contributed by atoms with van der Waals surface area (Å²) in [4.78, 5) is 32.1. The Morgan fingerprint density at radius 2 is 1.89 bits per heavy atom. The second-order valence-electron chi connectivity index (χ2n) is 7.90. The molecule has 0 saturated carbocycles. The van der Waals surface area contributed by atoms with E-state index in [2.05, 4.69) is 16.4 Å². The molecule has 5 rings (SSSR count). The lowest BCUT2D eigenvalue weighted by Gasteiger charge is -2.16. The second kappa shape index (κ2) is 9.97. The van der Waals surface area contributed by atoms with Crippen LogP contribution in [0.5, 0.6) is 11.5 Å².